The molecule has 0 saturated carbocycles. The molecule has 0 N–H and O–H groups in total. The summed E-state index contributed by atoms with van der Waals surface area (Å²) < 4.78 is 18.2. The molecule has 0 unspecified atom stereocenters. The number of carbonyl (C=O) groups excluding carboxylic acids is 1. The third-order valence-electron chi connectivity index (χ3n) is 2.66. The number of esters is 1. The Morgan fingerprint density at radius 1 is 1.53 bits per heavy atom. The van der Waals surface area contributed by atoms with E-state index in [2.05, 4.69) is 4.74 Å². The Bertz CT molecular complexity index is 479. The van der Waals surface area contributed by atoms with E-state index in [1.165, 1.54) is 19.2 Å². The molecule has 0 spiro atoms. The summed E-state index contributed by atoms with van der Waals surface area (Å²) in [5.41, 5.74) is -0.0281. The largest absolute Gasteiger partial charge is 0.469 e. The van der Waals surface area contributed by atoms with Crippen molar-refractivity contribution in [3.8, 4) is 0 Å². The third kappa shape index (κ3) is 4.20. The number of nitrogens with zero attached hydrogens (tertiary/aromatic N) is 2. The second-order valence-corrected chi connectivity index (χ2v) is 3.99. The summed E-state index contributed by atoms with van der Waals surface area (Å²) >= 11 is 0. The molecule has 7 heteroatoms. The first-order valence-corrected chi connectivity index (χ1v) is 5.67. The van der Waals surface area contributed by atoms with Gasteiger partial charge in [-0.25, -0.2) is 4.39 Å². The predicted molar refractivity (Wildman–Crippen MR) is 67.6 cm³/mol. The normalized spacial score (nSPS) is 10.1. The summed E-state index contributed by atoms with van der Waals surface area (Å²) in [7, 11) is 2.96. The molecule has 6 nitrogen and oxygen atoms in total. The van der Waals surface area contributed by atoms with Crippen molar-refractivity contribution in [2.75, 3.05) is 25.6 Å². The lowest BCUT2D eigenvalue weighted by molar-refractivity contribution is -0.385. The molecule has 0 radical (unpaired) electrons. The molecular weight excluding hydrogens is 255 g/mol. The second-order valence-electron chi connectivity index (χ2n) is 3.99. The van der Waals surface area contributed by atoms with E-state index in [-0.39, 0.29) is 23.8 Å². The van der Waals surface area contributed by atoms with Gasteiger partial charge in [-0.1, -0.05) is 0 Å². The Kier molecular flexibility index (Phi) is 5.23. The minimum Gasteiger partial charge on any atom is -0.469 e. The summed E-state index contributed by atoms with van der Waals surface area (Å²) in [6, 6.07) is 3.48. The SMILES string of the molecule is COC(=O)CCCN(C)c1ccc([N+](=O)[O-])cc1F. The van der Waals surface area contributed by atoms with Crippen molar-refractivity contribution in [1.29, 1.82) is 0 Å². The molecule has 0 heterocycles. The Balaban J connectivity index is 2.64. The maximum Gasteiger partial charge on any atom is 0.305 e. The first-order valence-electron chi connectivity index (χ1n) is 5.67. The van der Waals surface area contributed by atoms with Crippen LogP contribution in [-0.4, -0.2) is 31.6 Å². The van der Waals surface area contributed by atoms with E-state index in [1.54, 1.807) is 11.9 Å². The number of carbonyl (C=O) groups is 1. The maximum atomic E-state index is 13.7. The molecule has 0 bridgehead atoms. The van der Waals surface area contributed by atoms with Crippen molar-refractivity contribution >= 4 is 17.3 Å². The topological polar surface area (TPSA) is 72.7 Å². The molecular formula is C12H15FN2O4. The number of nitro groups is 1. The monoisotopic (exact) mass is 270 g/mol. The van der Waals surface area contributed by atoms with E-state index < -0.39 is 10.7 Å². The van der Waals surface area contributed by atoms with Crippen LogP contribution in [0.1, 0.15) is 12.8 Å². The molecule has 0 aliphatic rings. The van der Waals surface area contributed by atoms with Gasteiger partial charge in [-0.2, -0.15) is 0 Å². The molecule has 0 aromatic heterocycles. The molecule has 1 aromatic carbocycles. The van der Waals surface area contributed by atoms with Crippen LogP contribution in [-0.2, 0) is 9.53 Å². The number of benzene rings is 1. The summed E-state index contributed by atoms with van der Waals surface area (Å²) in [4.78, 5) is 22.4. The lowest BCUT2D eigenvalue weighted by Crippen LogP contribution is -2.20. The first kappa shape index (κ1) is 14.9. The van der Waals surface area contributed by atoms with E-state index in [4.69, 9.17) is 0 Å². The van der Waals surface area contributed by atoms with E-state index in [1.807, 2.05) is 0 Å². The number of non-ortho nitro benzene ring substituents is 1. The number of rotatable bonds is 6. The van der Waals surface area contributed by atoms with Gasteiger partial charge in [-0.15, -0.1) is 0 Å². The summed E-state index contributed by atoms with van der Waals surface area (Å²) in [5.74, 6) is -0.979. The summed E-state index contributed by atoms with van der Waals surface area (Å²) in [5, 5.41) is 10.5. The molecule has 1 rings (SSSR count). The molecule has 19 heavy (non-hydrogen) atoms. The van der Waals surface area contributed by atoms with Crippen LogP contribution in [0.25, 0.3) is 0 Å². The predicted octanol–water partition coefficient (Wildman–Crippen LogP) is 2.12. The quantitative estimate of drug-likeness (QED) is 0.450. The highest BCUT2D eigenvalue weighted by molar-refractivity contribution is 5.69. The number of hydrogen-bond donors (Lipinski definition) is 0. The molecule has 0 fully saturated rings. The van der Waals surface area contributed by atoms with Crippen LogP contribution in [0.3, 0.4) is 0 Å². The summed E-state index contributed by atoms with van der Waals surface area (Å²) in [6.07, 6.45) is 0.759. The number of halogens is 1. The van der Waals surface area contributed by atoms with Gasteiger partial charge in [0.05, 0.1) is 23.8 Å². The first-order chi connectivity index (χ1) is 8.95. The Hall–Kier alpha value is -2.18. The minimum absolute atomic E-state index is 0.245. The van der Waals surface area contributed by atoms with Gasteiger partial charge in [0.1, 0.15) is 0 Å². The molecule has 1 aromatic rings. The second kappa shape index (κ2) is 6.67. The number of nitro benzene ring substituents is 1. The molecule has 0 aliphatic heterocycles. The zero-order valence-corrected chi connectivity index (χ0v) is 10.8. The minimum atomic E-state index is -0.658. The number of methoxy groups -OCH3 is 1. The van der Waals surface area contributed by atoms with Gasteiger partial charge in [-0.3, -0.25) is 14.9 Å². The zero-order valence-electron chi connectivity index (χ0n) is 10.8. The van der Waals surface area contributed by atoms with Gasteiger partial charge in [0.15, 0.2) is 5.82 Å². The fraction of sp³-hybridized carbons (Fsp3) is 0.417. The number of ether oxygens (including phenoxy) is 1. The summed E-state index contributed by atoms with van der Waals surface area (Å²) in [6.45, 7) is 0.448. The third-order valence-corrected chi connectivity index (χ3v) is 2.66. The smallest absolute Gasteiger partial charge is 0.305 e. The zero-order chi connectivity index (χ0) is 14.4. The van der Waals surface area contributed by atoms with Gasteiger partial charge in [0, 0.05) is 26.1 Å². The fourth-order valence-corrected chi connectivity index (χ4v) is 1.60. The van der Waals surface area contributed by atoms with Crippen LogP contribution < -0.4 is 4.90 Å². The Labute approximate surface area is 109 Å². The van der Waals surface area contributed by atoms with Crippen LogP contribution in [0.4, 0.5) is 15.8 Å². The Morgan fingerprint density at radius 2 is 2.21 bits per heavy atom. The highest BCUT2D eigenvalue weighted by Gasteiger charge is 2.13. The van der Waals surface area contributed by atoms with Crippen LogP contribution in [0.15, 0.2) is 18.2 Å². The van der Waals surface area contributed by atoms with E-state index in [9.17, 15) is 19.3 Å². The van der Waals surface area contributed by atoms with Crippen molar-refractivity contribution in [2.24, 2.45) is 0 Å². The highest BCUT2D eigenvalue weighted by Crippen LogP contribution is 2.23. The average Bonchev–Trinajstić information content (AvgIpc) is 2.37. The Morgan fingerprint density at radius 3 is 2.74 bits per heavy atom. The molecule has 0 aliphatic carbocycles. The van der Waals surface area contributed by atoms with Crippen molar-refractivity contribution < 1.29 is 18.8 Å². The number of anilines is 1. The van der Waals surface area contributed by atoms with Gasteiger partial charge >= 0.3 is 5.97 Å². The van der Waals surface area contributed by atoms with Crippen LogP contribution in [0.2, 0.25) is 0 Å². The standard InChI is InChI=1S/C12H15FN2O4/c1-14(7-3-4-12(16)19-2)11-6-5-9(15(17)18)8-10(11)13/h5-6,8H,3-4,7H2,1-2H3. The lowest BCUT2D eigenvalue weighted by Gasteiger charge is -2.19. The molecule has 0 saturated heterocycles. The van der Waals surface area contributed by atoms with E-state index >= 15 is 0 Å². The average molecular weight is 270 g/mol. The van der Waals surface area contributed by atoms with Crippen LogP contribution in [0.5, 0.6) is 0 Å². The number of hydrogen-bond acceptors (Lipinski definition) is 5. The molecule has 0 amide bonds. The van der Waals surface area contributed by atoms with Crippen molar-refractivity contribution in [2.45, 2.75) is 12.8 Å². The van der Waals surface area contributed by atoms with Crippen LogP contribution >= 0.6 is 0 Å². The highest BCUT2D eigenvalue weighted by atomic mass is 19.1. The van der Waals surface area contributed by atoms with Gasteiger partial charge in [0.2, 0.25) is 0 Å². The van der Waals surface area contributed by atoms with Crippen LogP contribution in [0, 0.1) is 15.9 Å². The van der Waals surface area contributed by atoms with Gasteiger partial charge in [-0.05, 0) is 12.5 Å². The van der Waals surface area contributed by atoms with E-state index in [0.29, 0.717) is 13.0 Å². The van der Waals surface area contributed by atoms with Gasteiger partial charge < -0.3 is 9.64 Å². The maximum absolute atomic E-state index is 13.7. The fourth-order valence-electron chi connectivity index (χ4n) is 1.60. The van der Waals surface area contributed by atoms with Crippen molar-refractivity contribution in [3.05, 3.63) is 34.1 Å². The lowest BCUT2D eigenvalue weighted by atomic mass is 10.2. The molecule has 104 valence electrons. The van der Waals surface area contributed by atoms with Gasteiger partial charge in [0.25, 0.3) is 5.69 Å². The van der Waals surface area contributed by atoms with Crippen molar-refractivity contribution in [1.82, 2.24) is 0 Å². The van der Waals surface area contributed by atoms with E-state index in [0.717, 1.165) is 6.07 Å². The van der Waals surface area contributed by atoms with Crippen molar-refractivity contribution in [3.63, 3.8) is 0 Å². The molecule has 0 atom stereocenters.